The van der Waals surface area contributed by atoms with Crippen molar-refractivity contribution < 1.29 is 18.0 Å². The van der Waals surface area contributed by atoms with E-state index in [1.165, 1.54) is 12.4 Å². The monoisotopic (exact) mass is 512 g/mol. The molecule has 3 aromatic rings. The third-order valence-corrected chi connectivity index (χ3v) is 7.46. The van der Waals surface area contributed by atoms with E-state index in [9.17, 15) is 23.2 Å². The molecule has 2 aliphatic rings. The van der Waals surface area contributed by atoms with Crippen LogP contribution in [0.25, 0.3) is 22.3 Å². The minimum absolute atomic E-state index is 0.0170. The number of aromatic nitrogens is 4. The maximum atomic E-state index is 13.3. The highest BCUT2D eigenvalue weighted by Crippen LogP contribution is 2.35. The topological polar surface area (TPSA) is 137 Å². The Morgan fingerprint density at radius 2 is 2.00 bits per heavy atom. The number of pyridine rings is 1. The van der Waals surface area contributed by atoms with Gasteiger partial charge >= 0.3 is 6.18 Å². The van der Waals surface area contributed by atoms with Gasteiger partial charge in [-0.1, -0.05) is 0 Å². The number of nitrogens with one attached hydrogen (secondary N) is 2. The van der Waals surface area contributed by atoms with E-state index in [2.05, 4.69) is 25.3 Å². The van der Waals surface area contributed by atoms with E-state index in [4.69, 9.17) is 5.73 Å². The van der Waals surface area contributed by atoms with Crippen LogP contribution >= 0.6 is 0 Å². The first-order chi connectivity index (χ1) is 17.6. The maximum Gasteiger partial charge on any atom is 0.417 e. The SMILES string of the molecule is C[C@@H](Nc1ncc(C#N)c(-c2c[nH]c3ncc(C(F)(F)F)cc23)n1)C1CCN(C(=O)[C@H]2C[C@@H](N)C2)CC1. The molecule has 12 heteroatoms. The molecular weight excluding hydrogens is 485 g/mol. The molecule has 3 aromatic heterocycles. The van der Waals surface area contributed by atoms with Gasteiger partial charge in [0.15, 0.2) is 0 Å². The van der Waals surface area contributed by atoms with E-state index in [-0.39, 0.29) is 58.1 Å². The Bertz CT molecular complexity index is 1350. The van der Waals surface area contributed by atoms with Crippen molar-refractivity contribution in [3.8, 4) is 17.3 Å². The predicted octanol–water partition coefficient (Wildman–Crippen LogP) is 3.69. The van der Waals surface area contributed by atoms with E-state index in [0.717, 1.165) is 37.9 Å². The molecule has 9 nitrogen and oxygen atoms in total. The average molecular weight is 513 g/mol. The first-order valence-corrected chi connectivity index (χ1v) is 12.3. The molecule has 0 radical (unpaired) electrons. The van der Waals surface area contributed by atoms with Crippen LogP contribution in [0.1, 0.15) is 43.7 Å². The normalized spacial score (nSPS) is 21.4. The van der Waals surface area contributed by atoms with Crippen molar-refractivity contribution in [3.05, 3.63) is 35.8 Å². The largest absolute Gasteiger partial charge is 0.417 e. The lowest BCUT2D eigenvalue weighted by atomic mass is 9.79. The minimum Gasteiger partial charge on any atom is -0.351 e. The third-order valence-electron chi connectivity index (χ3n) is 7.46. The lowest BCUT2D eigenvalue weighted by molar-refractivity contribution is -0.140. The number of aromatic amines is 1. The summed E-state index contributed by atoms with van der Waals surface area (Å²) in [5.74, 6) is 0.807. The fourth-order valence-electron chi connectivity index (χ4n) is 5.16. The van der Waals surface area contributed by atoms with Crippen molar-refractivity contribution in [3.63, 3.8) is 0 Å². The third kappa shape index (κ3) is 4.96. The fraction of sp³-hybridized carbons (Fsp3) is 0.480. The summed E-state index contributed by atoms with van der Waals surface area (Å²) in [5.41, 5.74) is 5.90. The summed E-state index contributed by atoms with van der Waals surface area (Å²) < 4.78 is 39.8. The number of carbonyl (C=O) groups excluding carboxylic acids is 1. The highest BCUT2D eigenvalue weighted by Gasteiger charge is 2.36. The number of halogens is 3. The summed E-state index contributed by atoms with van der Waals surface area (Å²) in [5, 5.41) is 13.1. The summed E-state index contributed by atoms with van der Waals surface area (Å²) in [6.07, 6.45) is 2.26. The van der Waals surface area contributed by atoms with Gasteiger partial charge in [-0.25, -0.2) is 15.0 Å². The summed E-state index contributed by atoms with van der Waals surface area (Å²) >= 11 is 0. The Kier molecular flexibility index (Phi) is 6.49. The number of nitrogens with zero attached hydrogens (tertiary/aromatic N) is 5. The van der Waals surface area contributed by atoms with E-state index in [1.54, 1.807) is 0 Å². The minimum atomic E-state index is -4.55. The smallest absolute Gasteiger partial charge is 0.351 e. The van der Waals surface area contributed by atoms with Crippen LogP contribution in [0.3, 0.4) is 0 Å². The number of likely N-dealkylation sites (tertiary alicyclic amines) is 1. The molecule has 1 aliphatic heterocycles. The Morgan fingerprint density at radius 1 is 1.27 bits per heavy atom. The first-order valence-electron chi connectivity index (χ1n) is 12.3. The standard InChI is InChI=1S/C25H27F3N8O/c1-13(14-2-4-36(5-3-14)23(37)15-6-18(30)7-15)34-24-33-10-16(9-29)21(35-24)20-12-32-22-19(20)8-17(11-31-22)25(26,27)28/h8,10-15,18H,2-7,30H2,1H3,(H,31,32)(H,33,34,35)/t13-,15-,18+/m1/s1. The van der Waals surface area contributed by atoms with E-state index in [1.807, 2.05) is 17.9 Å². The molecule has 0 unspecified atom stereocenters. The zero-order chi connectivity index (χ0) is 26.3. The molecular formula is C25H27F3N8O. The summed E-state index contributed by atoms with van der Waals surface area (Å²) in [6, 6.07) is 3.14. The lowest BCUT2D eigenvalue weighted by Gasteiger charge is -2.40. The van der Waals surface area contributed by atoms with Crippen molar-refractivity contribution in [2.45, 2.75) is 50.9 Å². The van der Waals surface area contributed by atoms with Crippen LogP contribution in [0.4, 0.5) is 19.1 Å². The highest BCUT2D eigenvalue weighted by atomic mass is 19.4. The molecule has 194 valence electrons. The number of rotatable bonds is 5. The van der Waals surface area contributed by atoms with Gasteiger partial charge in [0.1, 0.15) is 11.7 Å². The van der Waals surface area contributed by atoms with E-state index in [0.29, 0.717) is 18.7 Å². The van der Waals surface area contributed by atoms with Gasteiger partial charge in [0.05, 0.1) is 23.0 Å². The second-order valence-corrected chi connectivity index (χ2v) is 9.91. The molecule has 4 heterocycles. The lowest BCUT2D eigenvalue weighted by Crippen LogP contribution is -2.49. The molecule has 1 atom stereocenters. The Labute approximate surface area is 211 Å². The number of amides is 1. The number of nitrogens with two attached hydrogens (primary N) is 1. The number of anilines is 1. The zero-order valence-electron chi connectivity index (χ0n) is 20.2. The van der Waals surface area contributed by atoms with Crippen LogP contribution < -0.4 is 11.1 Å². The maximum absolute atomic E-state index is 13.3. The number of H-pyrrole nitrogens is 1. The first kappa shape index (κ1) is 25.0. The molecule has 37 heavy (non-hydrogen) atoms. The fourth-order valence-corrected chi connectivity index (χ4v) is 5.16. The molecule has 1 amide bonds. The predicted molar refractivity (Wildman–Crippen MR) is 130 cm³/mol. The van der Waals surface area contributed by atoms with Crippen LogP contribution in [0.5, 0.6) is 0 Å². The molecule has 1 aliphatic carbocycles. The van der Waals surface area contributed by atoms with Gasteiger partial charge in [-0.15, -0.1) is 0 Å². The number of alkyl halides is 3. The van der Waals surface area contributed by atoms with Gasteiger partial charge in [0.2, 0.25) is 11.9 Å². The second kappa shape index (κ2) is 9.63. The number of carbonyl (C=O) groups is 1. The molecule has 0 spiro atoms. The molecule has 4 N–H and O–H groups in total. The van der Waals surface area contributed by atoms with E-state index < -0.39 is 11.7 Å². The van der Waals surface area contributed by atoms with Crippen molar-refractivity contribution in [1.29, 1.82) is 5.26 Å². The highest BCUT2D eigenvalue weighted by molar-refractivity contribution is 5.94. The molecule has 0 bridgehead atoms. The van der Waals surface area contributed by atoms with Crippen molar-refractivity contribution in [1.82, 2.24) is 24.8 Å². The molecule has 2 fully saturated rings. The summed E-state index contributed by atoms with van der Waals surface area (Å²) in [6.45, 7) is 3.38. The number of piperidine rings is 1. The number of hydrogen-bond donors (Lipinski definition) is 3. The van der Waals surface area contributed by atoms with Gasteiger partial charge < -0.3 is 20.9 Å². The second-order valence-electron chi connectivity index (χ2n) is 9.91. The van der Waals surface area contributed by atoms with Crippen LogP contribution in [0.15, 0.2) is 24.7 Å². The van der Waals surface area contributed by atoms with Gasteiger partial charge in [-0.05, 0) is 44.6 Å². The Hall–Kier alpha value is -3.72. The van der Waals surface area contributed by atoms with Gasteiger partial charge in [-0.2, -0.15) is 18.4 Å². The van der Waals surface area contributed by atoms with Gasteiger partial charge in [0, 0.05) is 54.4 Å². The summed E-state index contributed by atoms with van der Waals surface area (Å²) in [7, 11) is 0. The van der Waals surface area contributed by atoms with Crippen molar-refractivity contribution in [2.75, 3.05) is 18.4 Å². The quantitative estimate of drug-likeness (QED) is 0.474. The zero-order valence-corrected chi connectivity index (χ0v) is 20.2. The van der Waals surface area contributed by atoms with Crippen LogP contribution in [0.2, 0.25) is 0 Å². The van der Waals surface area contributed by atoms with Crippen molar-refractivity contribution >= 4 is 22.9 Å². The Morgan fingerprint density at radius 3 is 2.65 bits per heavy atom. The van der Waals surface area contributed by atoms with Crippen LogP contribution in [0, 0.1) is 23.2 Å². The number of nitriles is 1. The van der Waals surface area contributed by atoms with Crippen LogP contribution in [-0.4, -0.2) is 55.9 Å². The summed E-state index contributed by atoms with van der Waals surface area (Å²) in [4.78, 5) is 30.0. The molecule has 1 saturated carbocycles. The van der Waals surface area contributed by atoms with Gasteiger partial charge in [-0.3, -0.25) is 4.79 Å². The number of hydrogen-bond acceptors (Lipinski definition) is 7. The molecule has 0 aromatic carbocycles. The Balaban J connectivity index is 1.31. The number of fused-ring (bicyclic) bond motifs is 1. The van der Waals surface area contributed by atoms with Crippen molar-refractivity contribution in [2.24, 2.45) is 17.6 Å². The average Bonchev–Trinajstić information content (AvgIpc) is 3.29. The molecule has 5 rings (SSSR count). The van der Waals surface area contributed by atoms with E-state index >= 15 is 0 Å². The molecule has 1 saturated heterocycles. The van der Waals surface area contributed by atoms with Crippen LogP contribution in [-0.2, 0) is 11.0 Å². The van der Waals surface area contributed by atoms with Gasteiger partial charge in [0.25, 0.3) is 0 Å².